The van der Waals surface area contributed by atoms with Crippen molar-refractivity contribution in [2.75, 3.05) is 6.54 Å². The zero-order valence-electron chi connectivity index (χ0n) is 11.8. The molecule has 0 aliphatic heterocycles. The molecule has 1 nitrogen and oxygen atoms in total. The summed E-state index contributed by atoms with van der Waals surface area (Å²) in [6.45, 7) is 4.79. The molecule has 1 atom stereocenters. The summed E-state index contributed by atoms with van der Waals surface area (Å²) < 4.78 is 27.4. The Balaban J connectivity index is 2.41. The van der Waals surface area contributed by atoms with Gasteiger partial charge in [-0.3, -0.25) is 0 Å². The summed E-state index contributed by atoms with van der Waals surface area (Å²) >= 11 is 0. The highest BCUT2D eigenvalue weighted by molar-refractivity contribution is 5.34. The minimum atomic E-state index is -0.420. The molecule has 2 aromatic carbocycles. The third-order valence-electron chi connectivity index (χ3n) is 3.28. The number of halogens is 2. The van der Waals surface area contributed by atoms with Crippen molar-refractivity contribution >= 4 is 0 Å². The number of nitrogens with one attached hydrogen (secondary N) is 1. The van der Waals surface area contributed by atoms with Gasteiger partial charge in [-0.25, -0.2) is 8.78 Å². The Kier molecular flexibility index (Phi) is 4.85. The maximum Gasteiger partial charge on any atom is 0.128 e. The summed E-state index contributed by atoms with van der Waals surface area (Å²) in [5.74, 6) is -0.808. The lowest BCUT2D eigenvalue weighted by Crippen LogP contribution is -2.24. The Bertz CT molecular complexity index is 564. The van der Waals surface area contributed by atoms with Crippen molar-refractivity contribution in [3.63, 3.8) is 0 Å². The summed E-state index contributed by atoms with van der Waals surface area (Å²) in [5.41, 5.74) is 2.43. The lowest BCUT2D eigenvalue weighted by atomic mass is 9.97. The van der Waals surface area contributed by atoms with E-state index in [9.17, 15) is 8.78 Å². The summed E-state index contributed by atoms with van der Waals surface area (Å²) in [6.07, 6.45) is 0.930. The van der Waals surface area contributed by atoms with Crippen molar-refractivity contribution in [3.05, 3.63) is 70.8 Å². The molecule has 0 radical (unpaired) electrons. The van der Waals surface area contributed by atoms with Crippen LogP contribution in [0.15, 0.2) is 42.5 Å². The molecular weight excluding hydrogens is 256 g/mol. The SMILES string of the molecule is CCCNC(c1ccc(C)cc1)c1cc(F)ccc1F. The Morgan fingerprint density at radius 3 is 2.40 bits per heavy atom. The molecule has 2 rings (SSSR count). The predicted octanol–water partition coefficient (Wildman–Crippen LogP) is 4.36. The van der Waals surface area contributed by atoms with Gasteiger partial charge in [-0.15, -0.1) is 0 Å². The molecule has 3 heteroatoms. The van der Waals surface area contributed by atoms with Gasteiger partial charge >= 0.3 is 0 Å². The molecule has 20 heavy (non-hydrogen) atoms. The highest BCUT2D eigenvalue weighted by Crippen LogP contribution is 2.25. The van der Waals surface area contributed by atoms with E-state index < -0.39 is 5.82 Å². The van der Waals surface area contributed by atoms with Gasteiger partial charge in [0, 0.05) is 5.56 Å². The second kappa shape index (κ2) is 6.62. The first-order valence-corrected chi connectivity index (χ1v) is 6.86. The van der Waals surface area contributed by atoms with Crippen LogP contribution in [0.5, 0.6) is 0 Å². The second-order valence-electron chi connectivity index (χ2n) is 4.96. The molecule has 1 unspecified atom stereocenters. The van der Waals surface area contributed by atoms with E-state index in [0.717, 1.165) is 30.2 Å². The zero-order valence-corrected chi connectivity index (χ0v) is 11.8. The fourth-order valence-corrected chi connectivity index (χ4v) is 2.19. The van der Waals surface area contributed by atoms with Crippen LogP contribution < -0.4 is 5.32 Å². The van der Waals surface area contributed by atoms with E-state index in [1.165, 1.54) is 12.1 Å². The van der Waals surface area contributed by atoms with Gasteiger partial charge in [0.2, 0.25) is 0 Å². The normalized spacial score (nSPS) is 12.4. The average molecular weight is 275 g/mol. The Hall–Kier alpha value is -1.74. The molecule has 0 bridgehead atoms. The summed E-state index contributed by atoms with van der Waals surface area (Å²) in [5, 5.41) is 3.28. The van der Waals surface area contributed by atoms with Crippen molar-refractivity contribution < 1.29 is 8.78 Å². The molecule has 0 aliphatic carbocycles. The molecule has 0 amide bonds. The molecular formula is C17H19F2N. The van der Waals surface area contributed by atoms with E-state index in [-0.39, 0.29) is 11.9 Å². The van der Waals surface area contributed by atoms with Crippen LogP contribution >= 0.6 is 0 Å². The van der Waals surface area contributed by atoms with E-state index in [1.807, 2.05) is 38.1 Å². The molecule has 1 N–H and O–H groups in total. The van der Waals surface area contributed by atoms with Crippen molar-refractivity contribution in [2.24, 2.45) is 0 Å². The monoisotopic (exact) mass is 275 g/mol. The van der Waals surface area contributed by atoms with Crippen molar-refractivity contribution in [1.82, 2.24) is 5.32 Å². The maximum absolute atomic E-state index is 14.0. The van der Waals surface area contributed by atoms with E-state index in [2.05, 4.69) is 5.32 Å². The molecule has 2 aromatic rings. The Labute approximate surface area is 118 Å². The van der Waals surface area contributed by atoms with Crippen LogP contribution in [0.3, 0.4) is 0 Å². The van der Waals surface area contributed by atoms with Gasteiger partial charge < -0.3 is 5.32 Å². The van der Waals surface area contributed by atoms with Gasteiger partial charge in [0.05, 0.1) is 6.04 Å². The smallest absolute Gasteiger partial charge is 0.128 e. The molecule has 0 spiro atoms. The maximum atomic E-state index is 14.0. The van der Waals surface area contributed by atoms with E-state index >= 15 is 0 Å². The molecule has 0 heterocycles. The largest absolute Gasteiger partial charge is 0.306 e. The predicted molar refractivity (Wildman–Crippen MR) is 77.7 cm³/mol. The van der Waals surface area contributed by atoms with Crippen molar-refractivity contribution in [1.29, 1.82) is 0 Å². The average Bonchev–Trinajstić information content (AvgIpc) is 2.44. The van der Waals surface area contributed by atoms with Gasteiger partial charge in [0.15, 0.2) is 0 Å². The van der Waals surface area contributed by atoms with Crippen LogP contribution in [0, 0.1) is 18.6 Å². The quantitative estimate of drug-likeness (QED) is 0.854. The number of hydrogen-bond donors (Lipinski definition) is 1. The number of rotatable bonds is 5. The van der Waals surface area contributed by atoms with Gasteiger partial charge in [-0.05, 0) is 43.7 Å². The first-order chi connectivity index (χ1) is 9.61. The van der Waals surface area contributed by atoms with Crippen LogP contribution in [0.4, 0.5) is 8.78 Å². The first-order valence-electron chi connectivity index (χ1n) is 6.86. The lowest BCUT2D eigenvalue weighted by Gasteiger charge is -2.20. The Morgan fingerprint density at radius 1 is 1.05 bits per heavy atom. The standard InChI is InChI=1S/C17H19F2N/c1-3-10-20-17(13-6-4-12(2)5-7-13)15-11-14(18)8-9-16(15)19/h4-9,11,17,20H,3,10H2,1-2H3. The van der Waals surface area contributed by atoms with Gasteiger partial charge in [-0.1, -0.05) is 36.8 Å². The van der Waals surface area contributed by atoms with Gasteiger partial charge in [0.25, 0.3) is 0 Å². The molecule has 106 valence electrons. The summed E-state index contributed by atoms with van der Waals surface area (Å²) in [7, 11) is 0. The topological polar surface area (TPSA) is 12.0 Å². The van der Waals surface area contributed by atoms with Crippen LogP contribution in [-0.4, -0.2) is 6.54 Å². The van der Waals surface area contributed by atoms with E-state index in [1.54, 1.807) is 0 Å². The minimum absolute atomic E-state index is 0.328. The molecule has 0 aliphatic rings. The third kappa shape index (κ3) is 3.42. The highest BCUT2D eigenvalue weighted by atomic mass is 19.1. The van der Waals surface area contributed by atoms with Gasteiger partial charge in [0.1, 0.15) is 11.6 Å². The second-order valence-corrected chi connectivity index (χ2v) is 4.96. The number of hydrogen-bond acceptors (Lipinski definition) is 1. The zero-order chi connectivity index (χ0) is 14.5. The first kappa shape index (κ1) is 14.7. The summed E-state index contributed by atoms with van der Waals surface area (Å²) in [6, 6.07) is 11.1. The minimum Gasteiger partial charge on any atom is -0.306 e. The summed E-state index contributed by atoms with van der Waals surface area (Å²) in [4.78, 5) is 0. The van der Waals surface area contributed by atoms with Crippen LogP contribution in [0.25, 0.3) is 0 Å². The number of benzene rings is 2. The van der Waals surface area contributed by atoms with Crippen LogP contribution in [0.1, 0.15) is 36.1 Å². The van der Waals surface area contributed by atoms with Crippen molar-refractivity contribution in [3.8, 4) is 0 Å². The number of aryl methyl sites for hydroxylation is 1. The van der Waals surface area contributed by atoms with Crippen molar-refractivity contribution in [2.45, 2.75) is 26.3 Å². The molecule has 0 aromatic heterocycles. The third-order valence-corrected chi connectivity index (χ3v) is 3.28. The molecule has 0 saturated carbocycles. The molecule has 0 saturated heterocycles. The Morgan fingerprint density at radius 2 is 1.75 bits per heavy atom. The van der Waals surface area contributed by atoms with Gasteiger partial charge in [-0.2, -0.15) is 0 Å². The van der Waals surface area contributed by atoms with Crippen LogP contribution in [-0.2, 0) is 0 Å². The van der Waals surface area contributed by atoms with E-state index in [4.69, 9.17) is 0 Å². The fourth-order valence-electron chi connectivity index (χ4n) is 2.19. The van der Waals surface area contributed by atoms with E-state index in [0.29, 0.717) is 5.56 Å². The van der Waals surface area contributed by atoms with Crippen LogP contribution in [0.2, 0.25) is 0 Å². The lowest BCUT2D eigenvalue weighted by molar-refractivity contribution is 0.535. The fraction of sp³-hybridized carbons (Fsp3) is 0.294. The highest BCUT2D eigenvalue weighted by Gasteiger charge is 2.17. The molecule has 0 fully saturated rings.